The van der Waals surface area contributed by atoms with Gasteiger partial charge in [-0.3, -0.25) is 0 Å². The molecule has 0 radical (unpaired) electrons. The van der Waals surface area contributed by atoms with Crippen molar-refractivity contribution in [3.8, 4) is 22.6 Å². The maximum absolute atomic E-state index is 5.87. The zero-order valence-electron chi connectivity index (χ0n) is 14.8. The molecule has 0 aliphatic heterocycles. The van der Waals surface area contributed by atoms with Crippen LogP contribution in [0.2, 0.25) is 0 Å². The van der Waals surface area contributed by atoms with E-state index in [9.17, 15) is 0 Å². The standard InChI is InChI=1S/C23H24O2/c1-3-18(2)19-13-15-21(16-14-19)24-17-25-23-12-8-7-11-22(23)20-9-5-4-6-10-20/h4-16,18H,3,17H2,1-2H3. The number of ether oxygens (including phenoxy) is 2. The van der Waals surface area contributed by atoms with Gasteiger partial charge in [0.2, 0.25) is 6.79 Å². The van der Waals surface area contributed by atoms with Crippen LogP contribution >= 0.6 is 0 Å². The van der Waals surface area contributed by atoms with Crippen LogP contribution in [0.1, 0.15) is 31.7 Å². The topological polar surface area (TPSA) is 18.5 Å². The van der Waals surface area contributed by atoms with Crippen LogP contribution in [0.5, 0.6) is 11.5 Å². The third-order valence-electron chi connectivity index (χ3n) is 4.47. The number of rotatable bonds is 7. The van der Waals surface area contributed by atoms with Crippen molar-refractivity contribution in [1.29, 1.82) is 0 Å². The summed E-state index contributed by atoms with van der Waals surface area (Å²) in [5.74, 6) is 2.22. The minimum absolute atomic E-state index is 0.187. The Bertz CT molecular complexity index is 779. The van der Waals surface area contributed by atoms with Gasteiger partial charge < -0.3 is 9.47 Å². The lowest BCUT2D eigenvalue weighted by molar-refractivity contribution is 0.120. The summed E-state index contributed by atoms with van der Waals surface area (Å²) in [7, 11) is 0. The van der Waals surface area contributed by atoms with Crippen molar-refractivity contribution in [2.75, 3.05) is 6.79 Å². The third-order valence-corrected chi connectivity index (χ3v) is 4.47. The van der Waals surface area contributed by atoms with Gasteiger partial charge >= 0.3 is 0 Å². The normalized spacial score (nSPS) is 11.8. The molecule has 128 valence electrons. The van der Waals surface area contributed by atoms with Crippen LogP contribution < -0.4 is 9.47 Å². The predicted octanol–water partition coefficient (Wildman–Crippen LogP) is 6.28. The lowest BCUT2D eigenvalue weighted by Crippen LogP contribution is -2.06. The van der Waals surface area contributed by atoms with Crippen LogP contribution in [0.15, 0.2) is 78.9 Å². The third kappa shape index (κ3) is 4.42. The molecule has 3 aromatic carbocycles. The molecule has 0 aromatic heterocycles. The molecular weight excluding hydrogens is 308 g/mol. The quantitative estimate of drug-likeness (QED) is 0.474. The van der Waals surface area contributed by atoms with E-state index in [1.54, 1.807) is 0 Å². The Morgan fingerprint density at radius 3 is 2.16 bits per heavy atom. The molecule has 0 bridgehead atoms. The number of para-hydroxylation sites is 1. The van der Waals surface area contributed by atoms with E-state index in [4.69, 9.17) is 9.47 Å². The smallest absolute Gasteiger partial charge is 0.230 e. The molecule has 2 nitrogen and oxygen atoms in total. The highest BCUT2D eigenvalue weighted by atomic mass is 16.7. The monoisotopic (exact) mass is 332 g/mol. The second-order valence-electron chi connectivity index (χ2n) is 6.15. The highest BCUT2D eigenvalue weighted by Gasteiger charge is 2.06. The van der Waals surface area contributed by atoms with Crippen molar-refractivity contribution in [1.82, 2.24) is 0 Å². The van der Waals surface area contributed by atoms with Crippen molar-refractivity contribution in [3.63, 3.8) is 0 Å². The van der Waals surface area contributed by atoms with Crippen LogP contribution in [0.3, 0.4) is 0 Å². The molecule has 0 aliphatic rings. The molecule has 0 amide bonds. The van der Waals surface area contributed by atoms with Gasteiger partial charge in [0.15, 0.2) is 0 Å². The number of hydrogen-bond donors (Lipinski definition) is 0. The first-order valence-corrected chi connectivity index (χ1v) is 8.78. The molecule has 3 aromatic rings. The van der Waals surface area contributed by atoms with E-state index in [1.165, 1.54) is 5.56 Å². The summed E-state index contributed by atoms with van der Waals surface area (Å²) in [6.45, 7) is 4.62. The minimum atomic E-state index is 0.187. The molecule has 0 aliphatic carbocycles. The van der Waals surface area contributed by atoms with Crippen molar-refractivity contribution in [3.05, 3.63) is 84.4 Å². The van der Waals surface area contributed by atoms with Crippen molar-refractivity contribution < 1.29 is 9.47 Å². The molecule has 0 spiro atoms. The van der Waals surface area contributed by atoms with E-state index < -0.39 is 0 Å². The van der Waals surface area contributed by atoms with Crippen LogP contribution in [-0.2, 0) is 0 Å². The van der Waals surface area contributed by atoms with E-state index in [1.807, 2.05) is 48.5 Å². The zero-order chi connectivity index (χ0) is 17.5. The summed E-state index contributed by atoms with van der Waals surface area (Å²) in [6.07, 6.45) is 1.14. The first-order chi connectivity index (χ1) is 12.3. The molecule has 1 unspecified atom stereocenters. The van der Waals surface area contributed by atoms with Crippen LogP contribution in [0, 0.1) is 0 Å². The average Bonchev–Trinajstić information content (AvgIpc) is 2.69. The molecule has 3 rings (SSSR count). The van der Waals surface area contributed by atoms with E-state index >= 15 is 0 Å². The lowest BCUT2D eigenvalue weighted by Gasteiger charge is -2.13. The Morgan fingerprint density at radius 1 is 0.760 bits per heavy atom. The predicted molar refractivity (Wildman–Crippen MR) is 103 cm³/mol. The highest BCUT2D eigenvalue weighted by molar-refractivity contribution is 5.70. The Balaban J connectivity index is 1.63. The molecule has 1 atom stereocenters. The number of hydrogen-bond acceptors (Lipinski definition) is 2. The van der Waals surface area contributed by atoms with Gasteiger partial charge in [-0.05, 0) is 41.7 Å². The SMILES string of the molecule is CCC(C)c1ccc(OCOc2ccccc2-c2ccccc2)cc1. The fourth-order valence-electron chi connectivity index (χ4n) is 2.74. The van der Waals surface area contributed by atoms with Crippen molar-refractivity contribution in [2.24, 2.45) is 0 Å². The summed E-state index contributed by atoms with van der Waals surface area (Å²) in [6, 6.07) is 26.5. The molecule has 0 N–H and O–H groups in total. The summed E-state index contributed by atoms with van der Waals surface area (Å²) in [5.41, 5.74) is 3.54. The van der Waals surface area contributed by atoms with Gasteiger partial charge in [0.1, 0.15) is 11.5 Å². The second-order valence-corrected chi connectivity index (χ2v) is 6.15. The van der Waals surface area contributed by atoms with Crippen molar-refractivity contribution >= 4 is 0 Å². The fourth-order valence-corrected chi connectivity index (χ4v) is 2.74. The highest BCUT2D eigenvalue weighted by Crippen LogP contribution is 2.29. The van der Waals surface area contributed by atoms with Gasteiger partial charge in [-0.2, -0.15) is 0 Å². The molecule has 0 heterocycles. The lowest BCUT2D eigenvalue weighted by atomic mass is 9.99. The van der Waals surface area contributed by atoms with Gasteiger partial charge in [0, 0.05) is 5.56 Å². The summed E-state index contributed by atoms with van der Waals surface area (Å²) in [5, 5.41) is 0. The molecule has 2 heteroatoms. The Labute approximate surface area is 150 Å². The van der Waals surface area contributed by atoms with E-state index in [0.717, 1.165) is 29.0 Å². The molecule has 0 saturated heterocycles. The second kappa shape index (κ2) is 8.39. The maximum atomic E-state index is 5.87. The summed E-state index contributed by atoms with van der Waals surface area (Å²) < 4.78 is 11.6. The zero-order valence-corrected chi connectivity index (χ0v) is 14.8. The van der Waals surface area contributed by atoms with Gasteiger partial charge in [0.05, 0.1) is 0 Å². The van der Waals surface area contributed by atoms with E-state index in [2.05, 4.69) is 44.2 Å². The Hall–Kier alpha value is -2.74. The van der Waals surface area contributed by atoms with Crippen molar-refractivity contribution in [2.45, 2.75) is 26.2 Å². The number of benzene rings is 3. The molecule has 0 fully saturated rings. The fraction of sp³-hybridized carbons (Fsp3) is 0.217. The van der Waals surface area contributed by atoms with Crippen LogP contribution in [0.25, 0.3) is 11.1 Å². The summed E-state index contributed by atoms with van der Waals surface area (Å²) in [4.78, 5) is 0. The van der Waals surface area contributed by atoms with Gasteiger partial charge in [-0.25, -0.2) is 0 Å². The van der Waals surface area contributed by atoms with Gasteiger partial charge in [-0.1, -0.05) is 74.5 Å². The molecule has 25 heavy (non-hydrogen) atoms. The van der Waals surface area contributed by atoms with Gasteiger partial charge in [0.25, 0.3) is 0 Å². The van der Waals surface area contributed by atoms with Gasteiger partial charge in [-0.15, -0.1) is 0 Å². The van der Waals surface area contributed by atoms with E-state index in [-0.39, 0.29) is 6.79 Å². The largest absolute Gasteiger partial charge is 0.458 e. The Kier molecular flexibility index (Phi) is 5.73. The summed E-state index contributed by atoms with van der Waals surface area (Å²) >= 11 is 0. The maximum Gasteiger partial charge on any atom is 0.230 e. The van der Waals surface area contributed by atoms with Crippen LogP contribution in [-0.4, -0.2) is 6.79 Å². The Morgan fingerprint density at radius 2 is 1.44 bits per heavy atom. The minimum Gasteiger partial charge on any atom is -0.458 e. The van der Waals surface area contributed by atoms with Crippen LogP contribution in [0.4, 0.5) is 0 Å². The molecular formula is C23H24O2. The first-order valence-electron chi connectivity index (χ1n) is 8.78. The molecule has 0 saturated carbocycles. The van der Waals surface area contributed by atoms with E-state index in [0.29, 0.717) is 5.92 Å². The average molecular weight is 332 g/mol. The first kappa shape index (κ1) is 17.1.